The number of fused-ring (bicyclic) bond motifs is 1. The fourth-order valence-corrected chi connectivity index (χ4v) is 2.42. The smallest absolute Gasteiger partial charge is 0.191 e. The Morgan fingerprint density at radius 1 is 1.35 bits per heavy atom. The lowest BCUT2D eigenvalue weighted by molar-refractivity contribution is 0.197. The highest BCUT2D eigenvalue weighted by Crippen LogP contribution is 2.19. The Labute approximate surface area is 136 Å². The molecule has 0 aliphatic heterocycles. The Balaban J connectivity index is 1.87. The molecule has 0 amide bonds. The van der Waals surface area contributed by atoms with E-state index < -0.39 is 0 Å². The number of aromatic amines is 1. The number of halogens is 1. The van der Waals surface area contributed by atoms with Crippen molar-refractivity contribution in [2.24, 2.45) is 4.99 Å². The van der Waals surface area contributed by atoms with Crippen molar-refractivity contribution in [2.75, 3.05) is 33.4 Å². The van der Waals surface area contributed by atoms with E-state index in [1.165, 1.54) is 17.7 Å². The first-order valence-electron chi connectivity index (χ1n) is 8.01. The Morgan fingerprint density at radius 2 is 2.22 bits per heavy atom. The van der Waals surface area contributed by atoms with Crippen molar-refractivity contribution in [3.8, 4) is 0 Å². The van der Waals surface area contributed by atoms with Gasteiger partial charge in [-0.15, -0.1) is 0 Å². The third-order valence-electron chi connectivity index (χ3n) is 3.54. The molecule has 6 heteroatoms. The van der Waals surface area contributed by atoms with Crippen LogP contribution in [-0.2, 0) is 11.2 Å². The largest absolute Gasteiger partial charge is 0.385 e. The van der Waals surface area contributed by atoms with Crippen LogP contribution in [0.3, 0.4) is 0 Å². The molecule has 1 aromatic carbocycles. The van der Waals surface area contributed by atoms with Crippen molar-refractivity contribution in [3.05, 3.63) is 35.8 Å². The van der Waals surface area contributed by atoms with E-state index in [0.717, 1.165) is 55.9 Å². The molecule has 0 saturated heterocycles. The van der Waals surface area contributed by atoms with Crippen LogP contribution in [0.4, 0.5) is 4.39 Å². The number of hydrogen-bond acceptors (Lipinski definition) is 2. The molecule has 0 atom stereocenters. The van der Waals surface area contributed by atoms with Crippen molar-refractivity contribution in [2.45, 2.75) is 19.8 Å². The normalized spacial score (nSPS) is 11.9. The summed E-state index contributed by atoms with van der Waals surface area (Å²) in [6, 6.07) is 4.84. The quantitative estimate of drug-likeness (QED) is 0.398. The molecule has 0 radical (unpaired) electrons. The fraction of sp³-hybridized carbons (Fsp3) is 0.471. The van der Waals surface area contributed by atoms with E-state index in [9.17, 15) is 4.39 Å². The van der Waals surface area contributed by atoms with Gasteiger partial charge >= 0.3 is 0 Å². The van der Waals surface area contributed by atoms with Crippen LogP contribution in [0.25, 0.3) is 10.9 Å². The van der Waals surface area contributed by atoms with Crippen molar-refractivity contribution in [1.82, 2.24) is 15.6 Å². The molecule has 0 bridgehead atoms. The highest BCUT2D eigenvalue weighted by molar-refractivity contribution is 5.83. The summed E-state index contributed by atoms with van der Waals surface area (Å²) in [5.74, 6) is 0.594. The third-order valence-corrected chi connectivity index (χ3v) is 3.54. The molecule has 126 valence electrons. The molecule has 2 rings (SSSR count). The van der Waals surface area contributed by atoms with Crippen LogP contribution in [0, 0.1) is 5.82 Å². The zero-order chi connectivity index (χ0) is 16.5. The predicted molar refractivity (Wildman–Crippen MR) is 92.4 cm³/mol. The van der Waals surface area contributed by atoms with E-state index in [2.05, 4.69) is 20.6 Å². The SMILES string of the molecule is CCNC(=NCCCOC)NCCc1c[nH]c2cc(F)ccc12. The van der Waals surface area contributed by atoms with E-state index in [1.807, 2.05) is 19.2 Å². The summed E-state index contributed by atoms with van der Waals surface area (Å²) in [6.45, 7) is 5.08. The average Bonchev–Trinajstić information content (AvgIpc) is 2.93. The maximum atomic E-state index is 13.2. The van der Waals surface area contributed by atoms with Gasteiger partial charge in [0.1, 0.15) is 5.82 Å². The lowest BCUT2D eigenvalue weighted by atomic mass is 10.1. The standard InChI is InChI=1S/C17H25FN4O/c1-3-19-17(20-8-4-10-23-2)21-9-7-13-12-22-16-11-14(18)5-6-15(13)16/h5-6,11-12,22H,3-4,7-10H2,1-2H3,(H2,19,20,21). The Kier molecular flexibility index (Phi) is 6.87. The van der Waals surface area contributed by atoms with Crippen LogP contribution in [-0.4, -0.2) is 44.3 Å². The summed E-state index contributed by atoms with van der Waals surface area (Å²) in [5.41, 5.74) is 2.00. The number of nitrogens with zero attached hydrogens (tertiary/aromatic N) is 1. The molecule has 3 N–H and O–H groups in total. The zero-order valence-corrected chi connectivity index (χ0v) is 13.8. The third kappa shape index (κ3) is 5.25. The molecule has 0 spiro atoms. The second kappa shape index (κ2) is 9.15. The van der Waals surface area contributed by atoms with Crippen molar-refractivity contribution >= 4 is 16.9 Å². The number of aromatic nitrogens is 1. The summed E-state index contributed by atoms with van der Waals surface area (Å²) in [5, 5.41) is 7.61. The Morgan fingerprint density at radius 3 is 3.00 bits per heavy atom. The maximum Gasteiger partial charge on any atom is 0.191 e. The van der Waals surface area contributed by atoms with Crippen LogP contribution in [0.15, 0.2) is 29.4 Å². The van der Waals surface area contributed by atoms with Gasteiger partial charge in [-0.1, -0.05) is 0 Å². The number of guanidine groups is 1. The second-order valence-electron chi connectivity index (χ2n) is 5.29. The molecule has 1 heterocycles. The summed E-state index contributed by atoms with van der Waals surface area (Å²) in [4.78, 5) is 7.61. The topological polar surface area (TPSA) is 61.4 Å². The minimum atomic E-state index is -0.221. The van der Waals surface area contributed by atoms with E-state index in [4.69, 9.17) is 4.74 Å². The first-order chi connectivity index (χ1) is 11.2. The molecular formula is C17H25FN4O. The minimum Gasteiger partial charge on any atom is -0.385 e. The lowest BCUT2D eigenvalue weighted by Gasteiger charge is -2.11. The molecular weight excluding hydrogens is 295 g/mol. The number of rotatable bonds is 8. The molecule has 2 aromatic rings. The average molecular weight is 320 g/mol. The van der Waals surface area contributed by atoms with Crippen LogP contribution in [0.1, 0.15) is 18.9 Å². The van der Waals surface area contributed by atoms with Gasteiger partial charge < -0.3 is 20.4 Å². The van der Waals surface area contributed by atoms with Crippen LogP contribution >= 0.6 is 0 Å². The van der Waals surface area contributed by atoms with Gasteiger partial charge in [0.2, 0.25) is 0 Å². The van der Waals surface area contributed by atoms with Crippen LogP contribution in [0.5, 0.6) is 0 Å². The monoisotopic (exact) mass is 320 g/mol. The number of nitrogens with one attached hydrogen (secondary N) is 3. The second-order valence-corrected chi connectivity index (χ2v) is 5.29. The molecule has 0 aliphatic rings. The number of hydrogen-bond donors (Lipinski definition) is 3. The first kappa shape index (κ1) is 17.3. The number of aliphatic imine (C=N–C) groups is 1. The molecule has 0 unspecified atom stereocenters. The predicted octanol–water partition coefficient (Wildman–Crippen LogP) is 2.44. The minimum absolute atomic E-state index is 0.221. The highest BCUT2D eigenvalue weighted by atomic mass is 19.1. The molecule has 0 saturated carbocycles. The molecule has 0 fully saturated rings. The first-order valence-corrected chi connectivity index (χ1v) is 8.01. The lowest BCUT2D eigenvalue weighted by Crippen LogP contribution is -2.38. The Bertz CT molecular complexity index is 639. The zero-order valence-electron chi connectivity index (χ0n) is 13.8. The highest BCUT2D eigenvalue weighted by Gasteiger charge is 2.05. The molecule has 1 aromatic heterocycles. The molecule has 23 heavy (non-hydrogen) atoms. The van der Waals surface area contributed by atoms with E-state index in [1.54, 1.807) is 7.11 Å². The summed E-state index contributed by atoms with van der Waals surface area (Å²) < 4.78 is 18.2. The fourth-order valence-electron chi connectivity index (χ4n) is 2.42. The van der Waals surface area contributed by atoms with Gasteiger partial charge in [-0.25, -0.2) is 4.39 Å². The maximum absolute atomic E-state index is 13.2. The van der Waals surface area contributed by atoms with E-state index >= 15 is 0 Å². The number of methoxy groups -OCH3 is 1. The van der Waals surface area contributed by atoms with Crippen LogP contribution in [0.2, 0.25) is 0 Å². The summed E-state index contributed by atoms with van der Waals surface area (Å²) in [6.07, 6.45) is 3.68. The van der Waals surface area contributed by atoms with E-state index in [0.29, 0.717) is 0 Å². The van der Waals surface area contributed by atoms with Crippen LogP contribution < -0.4 is 10.6 Å². The van der Waals surface area contributed by atoms with Crippen molar-refractivity contribution < 1.29 is 9.13 Å². The van der Waals surface area contributed by atoms with Gasteiger partial charge in [-0.05, 0) is 43.5 Å². The van der Waals surface area contributed by atoms with Gasteiger partial charge in [0.15, 0.2) is 5.96 Å². The van der Waals surface area contributed by atoms with Gasteiger partial charge in [-0.3, -0.25) is 4.99 Å². The van der Waals surface area contributed by atoms with Gasteiger partial charge in [0, 0.05) is 50.5 Å². The summed E-state index contributed by atoms with van der Waals surface area (Å²) in [7, 11) is 1.69. The number of ether oxygens (including phenoxy) is 1. The van der Waals surface area contributed by atoms with Crippen molar-refractivity contribution in [1.29, 1.82) is 0 Å². The number of benzene rings is 1. The van der Waals surface area contributed by atoms with Gasteiger partial charge in [0.25, 0.3) is 0 Å². The van der Waals surface area contributed by atoms with Gasteiger partial charge in [0.05, 0.1) is 0 Å². The molecule has 5 nitrogen and oxygen atoms in total. The summed E-state index contributed by atoms with van der Waals surface area (Å²) >= 11 is 0. The Hall–Kier alpha value is -2.08. The van der Waals surface area contributed by atoms with Crippen molar-refractivity contribution in [3.63, 3.8) is 0 Å². The number of H-pyrrole nitrogens is 1. The molecule has 0 aliphatic carbocycles. The van der Waals surface area contributed by atoms with E-state index in [-0.39, 0.29) is 5.82 Å². The van der Waals surface area contributed by atoms with Gasteiger partial charge in [-0.2, -0.15) is 0 Å².